The summed E-state index contributed by atoms with van der Waals surface area (Å²) in [5.41, 5.74) is 2.55. The second-order valence-electron chi connectivity index (χ2n) is 3.71. The third-order valence-electron chi connectivity index (χ3n) is 2.22. The third-order valence-corrected chi connectivity index (χ3v) is 2.58. The lowest BCUT2D eigenvalue weighted by molar-refractivity contribution is 0.567. The Morgan fingerprint density at radius 3 is 2.88 bits per heavy atom. The van der Waals surface area contributed by atoms with E-state index in [-0.39, 0.29) is 0 Å². The minimum absolute atomic E-state index is 0.464. The van der Waals surface area contributed by atoms with Gasteiger partial charge in [-0.3, -0.25) is 0 Å². The number of hydrogen-bond acceptors (Lipinski definition) is 4. The quantitative estimate of drug-likeness (QED) is 0.796. The lowest BCUT2D eigenvalue weighted by Gasteiger charge is -2.06. The topological polar surface area (TPSA) is 46.3 Å². The summed E-state index contributed by atoms with van der Waals surface area (Å²) in [7, 11) is 3.91. The van der Waals surface area contributed by atoms with Gasteiger partial charge in [0.05, 0.1) is 0 Å². The molecule has 5 nitrogen and oxygen atoms in total. The van der Waals surface area contributed by atoms with Crippen LogP contribution in [0, 0.1) is 6.92 Å². The van der Waals surface area contributed by atoms with E-state index in [1.165, 1.54) is 6.33 Å². The highest BCUT2D eigenvalue weighted by Crippen LogP contribution is 2.20. The summed E-state index contributed by atoms with van der Waals surface area (Å²) in [6.07, 6.45) is 5.42. The van der Waals surface area contributed by atoms with Gasteiger partial charge >= 0.3 is 0 Å². The van der Waals surface area contributed by atoms with Crippen LogP contribution in [0.25, 0.3) is 11.7 Å². The van der Waals surface area contributed by atoms with Gasteiger partial charge in [-0.05, 0) is 24.8 Å². The summed E-state index contributed by atoms with van der Waals surface area (Å²) in [5.74, 6) is 0. The molecular weight excluding hydrogens is 226 g/mol. The van der Waals surface area contributed by atoms with Crippen LogP contribution in [0.4, 0.5) is 0 Å². The zero-order valence-corrected chi connectivity index (χ0v) is 10.1. The largest absolute Gasteiger partial charge is 0.383 e. The Morgan fingerprint density at radius 1 is 1.44 bits per heavy atom. The van der Waals surface area contributed by atoms with E-state index in [1.54, 1.807) is 4.52 Å². The van der Waals surface area contributed by atoms with Crippen LogP contribution < -0.4 is 0 Å². The van der Waals surface area contributed by atoms with Gasteiger partial charge in [0, 0.05) is 19.7 Å². The number of aromatic nitrogens is 4. The van der Waals surface area contributed by atoms with Gasteiger partial charge in [0.15, 0.2) is 10.8 Å². The predicted octanol–water partition coefficient (Wildman–Crippen LogP) is 1.62. The molecule has 0 saturated carbocycles. The summed E-state index contributed by atoms with van der Waals surface area (Å²) in [6.45, 7) is 1.92. The highest BCUT2D eigenvalue weighted by atomic mass is 35.5. The average Bonchev–Trinajstić information content (AvgIpc) is 2.65. The first-order valence-electron chi connectivity index (χ1n) is 4.80. The maximum absolute atomic E-state index is 6.03. The van der Waals surface area contributed by atoms with E-state index in [9.17, 15) is 0 Å². The van der Waals surface area contributed by atoms with Crippen molar-refractivity contribution in [3.8, 4) is 0 Å². The highest BCUT2D eigenvalue weighted by Gasteiger charge is 2.09. The van der Waals surface area contributed by atoms with Crippen molar-refractivity contribution >= 4 is 23.3 Å². The molecule has 0 unspecified atom stereocenters. The van der Waals surface area contributed by atoms with Crippen LogP contribution in [0.1, 0.15) is 11.1 Å². The van der Waals surface area contributed by atoms with Crippen LogP contribution in [-0.4, -0.2) is 38.8 Å². The zero-order chi connectivity index (χ0) is 11.7. The van der Waals surface area contributed by atoms with Crippen LogP contribution in [0.2, 0.25) is 5.15 Å². The fourth-order valence-corrected chi connectivity index (χ4v) is 1.54. The maximum Gasteiger partial charge on any atom is 0.185 e. The summed E-state index contributed by atoms with van der Waals surface area (Å²) in [5, 5.41) is 12.4. The Hall–Kier alpha value is -1.62. The monoisotopic (exact) mass is 237 g/mol. The minimum Gasteiger partial charge on any atom is -0.383 e. The lowest BCUT2D eigenvalue weighted by Crippen LogP contribution is -2.02. The number of nitrogens with zero attached hydrogens (tertiary/aromatic N) is 5. The standard InChI is InChI=1S/C10H12ClN5/c1-7-8(4-5-15(2)3)10-13-12-6-16(10)14-9(7)11/h4-6H,1-3H3/b5-4+. The van der Waals surface area contributed by atoms with Gasteiger partial charge in [0.1, 0.15) is 6.33 Å². The van der Waals surface area contributed by atoms with E-state index in [0.29, 0.717) is 10.8 Å². The van der Waals surface area contributed by atoms with Crippen molar-refractivity contribution in [2.75, 3.05) is 14.1 Å². The van der Waals surface area contributed by atoms with Crippen molar-refractivity contribution in [1.82, 2.24) is 24.7 Å². The van der Waals surface area contributed by atoms with Crippen molar-refractivity contribution < 1.29 is 0 Å². The summed E-state index contributed by atoms with van der Waals surface area (Å²) < 4.78 is 1.57. The Labute approximate surface area is 98.3 Å². The van der Waals surface area contributed by atoms with Crippen LogP contribution in [0.15, 0.2) is 12.5 Å². The number of fused-ring (bicyclic) bond motifs is 1. The second kappa shape index (κ2) is 4.09. The first-order chi connectivity index (χ1) is 7.59. The Balaban J connectivity index is 2.64. The maximum atomic E-state index is 6.03. The molecule has 84 valence electrons. The highest BCUT2D eigenvalue weighted by molar-refractivity contribution is 6.30. The molecule has 0 aromatic carbocycles. The molecule has 2 aromatic rings. The minimum atomic E-state index is 0.464. The van der Waals surface area contributed by atoms with E-state index < -0.39 is 0 Å². The van der Waals surface area contributed by atoms with E-state index in [2.05, 4.69) is 15.3 Å². The van der Waals surface area contributed by atoms with Crippen molar-refractivity contribution in [3.05, 3.63) is 28.8 Å². The van der Waals surface area contributed by atoms with E-state index in [4.69, 9.17) is 11.6 Å². The molecule has 16 heavy (non-hydrogen) atoms. The molecule has 6 heteroatoms. The smallest absolute Gasteiger partial charge is 0.185 e. The molecule has 0 amide bonds. The molecule has 0 fully saturated rings. The van der Waals surface area contributed by atoms with Crippen LogP contribution in [-0.2, 0) is 0 Å². The van der Waals surface area contributed by atoms with Gasteiger partial charge < -0.3 is 4.90 Å². The van der Waals surface area contributed by atoms with Gasteiger partial charge in [0.2, 0.25) is 0 Å². The van der Waals surface area contributed by atoms with Crippen LogP contribution >= 0.6 is 11.6 Å². The van der Waals surface area contributed by atoms with Crippen LogP contribution in [0.5, 0.6) is 0 Å². The molecule has 0 aliphatic heterocycles. The van der Waals surface area contributed by atoms with Gasteiger partial charge in [-0.2, -0.15) is 9.61 Å². The molecule has 0 saturated heterocycles. The molecule has 2 heterocycles. The van der Waals surface area contributed by atoms with Crippen molar-refractivity contribution in [2.24, 2.45) is 0 Å². The van der Waals surface area contributed by atoms with Gasteiger partial charge in [0.25, 0.3) is 0 Å². The van der Waals surface area contributed by atoms with Crippen molar-refractivity contribution in [1.29, 1.82) is 0 Å². The molecule has 0 N–H and O–H groups in total. The fraction of sp³-hybridized carbons (Fsp3) is 0.300. The molecule has 0 aliphatic carbocycles. The lowest BCUT2D eigenvalue weighted by atomic mass is 10.2. The number of rotatable bonds is 2. The fourth-order valence-electron chi connectivity index (χ4n) is 1.35. The molecular formula is C10H12ClN5. The van der Waals surface area contributed by atoms with Gasteiger partial charge in [-0.15, -0.1) is 10.2 Å². The SMILES string of the molecule is Cc1c(Cl)nn2cnnc2c1/C=C/N(C)C. The van der Waals surface area contributed by atoms with E-state index in [1.807, 2.05) is 38.2 Å². The Morgan fingerprint density at radius 2 is 2.19 bits per heavy atom. The van der Waals surface area contributed by atoms with Gasteiger partial charge in [-0.25, -0.2) is 0 Å². The number of hydrogen-bond donors (Lipinski definition) is 0. The van der Waals surface area contributed by atoms with Crippen molar-refractivity contribution in [2.45, 2.75) is 6.92 Å². The normalized spacial score (nSPS) is 11.5. The molecule has 0 atom stereocenters. The second-order valence-corrected chi connectivity index (χ2v) is 4.07. The molecule has 0 bridgehead atoms. The van der Waals surface area contributed by atoms with Gasteiger partial charge in [-0.1, -0.05) is 11.6 Å². The molecule has 2 rings (SSSR count). The third kappa shape index (κ3) is 1.86. The molecule has 0 aliphatic rings. The molecule has 0 spiro atoms. The first-order valence-corrected chi connectivity index (χ1v) is 5.18. The number of halogens is 1. The molecule has 0 radical (unpaired) electrons. The van der Waals surface area contributed by atoms with E-state index >= 15 is 0 Å². The zero-order valence-electron chi connectivity index (χ0n) is 9.35. The average molecular weight is 238 g/mol. The Bertz CT molecular complexity index is 543. The predicted molar refractivity (Wildman–Crippen MR) is 63.3 cm³/mol. The summed E-state index contributed by atoms with van der Waals surface area (Å²) in [4.78, 5) is 1.95. The first kappa shape index (κ1) is 10.9. The van der Waals surface area contributed by atoms with Crippen LogP contribution in [0.3, 0.4) is 0 Å². The molecule has 2 aromatic heterocycles. The Kier molecular flexibility index (Phi) is 2.78. The summed E-state index contributed by atoms with van der Waals surface area (Å²) >= 11 is 6.03. The van der Waals surface area contributed by atoms with E-state index in [0.717, 1.165) is 11.1 Å². The van der Waals surface area contributed by atoms with Crippen molar-refractivity contribution in [3.63, 3.8) is 0 Å². The summed E-state index contributed by atoms with van der Waals surface area (Å²) in [6, 6.07) is 0.